The van der Waals surface area contributed by atoms with E-state index in [9.17, 15) is 9.59 Å². The molecule has 0 radical (unpaired) electrons. The molecule has 0 bridgehead atoms. The van der Waals surface area contributed by atoms with Crippen LogP contribution in [0.4, 0.5) is 5.69 Å². The van der Waals surface area contributed by atoms with Gasteiger partial charge in [0.1, 0.15) is 5.82 Å². The van der Waals surface area contributed by atoms with Crippen molar-refractivity contribution in [3.8, 4) is 0 Å². The van der Waals surface area contributed by atoms with Gasteiger partial charge in [-0.25, -0.2) is 4.98 Å². The number of amides is 1. The molecular weight excluding hydrogens is 404 g/mol. The Balaban J connectivity index is 1.20. The number of hydrogen-bond acceptors (Lipinski definition) is 5. The Bertz CT molecular complexity index is 1160. The standard InChI is InChI=1S/C25H28N4O3/c30-24(26-17-18-5-7-19(8-6-18)28-13-15-32-16-14-28)12-11-23-27-22-4-2-1-3-21(22)25(31)29(23)20-9-10-20/h1-8,20H,9-17H2,(H,26,30). The van der Waals surface area contributed by atoms with Gasteiger partial charge in [-0.2, -0.15) is 0 Å². The molecule has 2 aliphatic rings. The number of carbonyl (C=O) groups is 1. The highest BCUT2D eigenvalue weighted by Crippen LogP contribution is 2.34. The number of morpholine rings is 1. The average Bonchev–Trinajstić information content (AvgIpc) is 3.67. The molecule has 0 atom stereocenters. The summed E-state index contributed by atoms with van der Waals surface area (Å²) in [6.07, 6.45) is 2.76. The number of para-hydroxylation sites is 1. The average molecular weight is 433 g/mol. The van der Waals surface area contributed by atoms with Gasteiger partial charge in [0, 0.05) is 44.2 Å². The van der Waals surface area contributed by atoms with Crippen molar-refractivity contribution < 1.29 is 9.53 Å². The van der Waals surface area contributed by atoms with Crippen LogP contribution < -0.4 is 15.8 Å². The summed E-state index contributed by atoms with van der Waals surface area (Å²) >= 11 is 0. The first kappa shape index (κ1) is 20.7. The second-order valence-corrected chi connectivity index (χ2v) is 8.49. The number of carbonyl (C=O) groups excluding carboxylic acids is 1. The van der Waals surface area contributed by atoms with Crippen molar-refractivity contribution in [2.45, 2.75) is 38.3 Å². The molecule has 7 nitrogen and oxygen atoms in total. The molecule has 32 heavy (non-hydrogen) atoms. The van der Waals surface area contributed by atoms with E-state index in [2.05, 4.69) is 34.5 Å². The second kappa shape index (κ2) is 9.12. The molecule has 2 aromatic carbocycles. The van der Waals surface area contributed by atoms with Gasteiger partial charge in [-0.15, -0.1) is 0 Å². The fraction of sp³-hybridized carbons (Fsp3) is 0.400. The zero-order chi connectivity index (χ0) is 21.9. The molecule has 1 aromatic heterocycles. The summed E-state index contributed by atoms with van der Waals surface area (Å²) in [6.45, 7) is 3.83. The zero-order valence-electron chi connectivity index (χ0n) is 18.1. The molecule has 1 aliphatic carbocycles. The van der Waals surface area contributed by atoms with Gasteiger partial charge >= 0.3 is 0 Å². The van der Waals surface area contributed by atoms with Crippen LogP contribution in [0, 0.1) is 0 Å². The Morgan fingerprint density at radius 1 is 1.06 bits per heavy atom. The first-order valence-electron chi connectivity index (χ1n) is 11.4. The molecule has 166 valence electrons. The summed E-state index contributed by atoms with van der Waals surface area (Å²) in [7, 11) is 0. The highest BCUT2D eigenvalue weighted by Gasteiger charge is 2.28. The van der Waals surface area contributed by atoms with E-state index in [1.54, 1.807) is 4.57 Å². The summed E-state index contributed by atoms with van der Waals surface area (Å²) in [5.74, 6) is 0.674. The first-order chi connectivity index (χ1) is 15.7. The van der Waals surface area contributed by atoms with Crippen LogP contribution in [0.5, 0.6) is 0 Å². The molecular formula is C25H28N4O3. The first-order valence-corrected chi connectivity index (χ1v) is 11.4. The van der Waals surface area contributed by atoms with Crippen LogP contribution in [0.25, 0.3) is 10.9 Å². The molecule has 1 aliphatic heterocycles. The number of nitrogens with one attached hydrogen (secondary N) is 1. The fourth-order valence-corrected chi connectivity index (χ4v) is 4.24. The summed E-state index contributed by atoms with van der Waals surface area (Å²) in [5.41, 5.74) is 2.96. The molecule has 5 rings (SSSR count). The smallest absolute Gasteiger partial charge is 0.261 e. The SMILES string of the molecule is O=C(CCc1nc2ccccc2c(=O)n1C1CC1)NCc1ccc(N2CCOCC2)cc1. The van der Waals surface area contributed by atoms with Crippen LogP contribution in [-0.2, 0) is 22.5 Å². The van der Waals surface area contributed by atoms with E-state index in [-0.39, 0.29) is 17.5 Å². The number of anilines is 1. The predicted octanol–water partition coefficient (Wildman–Crippen LogP) is 2.82. The number of ether oxygens (including phenoxy) is 1. The van der Waals surface area contributed by atoms with Gasteiger partial charge in [0.2, 0.25) is 5.91 Å². The van der Waals surface area contributed by atoms with Gasteiger partial charge in [-0.1, -0.05) is 24.3 Å². The van der Waals surface area contributed by atoms with Crippen LogP contribution in [0.15, 0.2) is 53.3 Å². The maximum absolute atomic E-state index is 12.9. The van der Waals surface area contributed by atoms with E-state index < -0.39 is 0 Å². The minimum Gasteiger partial charge on any atom is -0.378 e. The molecule has 1 N–H and O–H groups in total. The van der Waals surface area contributed by atoms with Crippen molar-refractivity contribution in [1.29, 1.82) is 0 Å². The lowest BCUT2D eigenvalue weighted by atomic mass is 10.1. The third kappa shape index (κ3) is 4.53. The summed E-state index contributed by atoms with van der Waals surface area (Å²) in [6, 6.07) is 16.0. The van der Waals surface area contributed by atoms with Gasteiger partial charge in [-0.3, -0.25) is 14.2 Å². The minimum atomic E-state index is -0.0352. The van der Waals surface area contributed by atoms with Crippen LogP contribution >= 0.6 is 0 Å². The summed E-state index contributed by atoms with van der Waals surface area (Å²) in [4.78, 5) is 32.5. The van der Waals surface area contributed by atoms with E-state index in [0.29, 0.717) is 36.1 Å². The second-order valence-electron chi connectivity index (χ2n) is 8.49. The number of hydrogen-bond donors (Lipinski definition) is 1. The van der Waals surface area contributed by atoms with E-state index in [4.69, 9.17) is 9.72 Å². The summed E-state index contributed by atoms with van der Waals surface area (Å²) in [5, 5.41) is 3.64. The molecule has 0 spiro atoms. The highest BCUT2D eigenvalue weighted by molar-refractivity contribution is 5.78. The van der Waals surface area contributed by atoms with Gasteiger partial charge < -0.3 is 15.0 Å². The van der Waals surface area contributed by atoms with Crippen LogP contribution in [0.1, 0.15) is 36.7 Å². The van der Waals surface area contributed by atoms with E-state index in [1.165, 1.54) is 5.69 Å². The number of rotatable bonds is 7. The van der Waals surface area contributed by atoms with Crippen molar-refractivity contribution >= 4 is 22.5 Å². The Hall–Kier alpha value is -3.19. The third-order valence-electron chi connectivity index (χ3n) is 6.17. The summed E-state index contributed by atoms with van der Waals surface area (Å²) < 4.78 is 7.21. The van der Waals surface area contributed by atoms with Gasteiger partial charge in [0.25, 0.3) is 5.56 Å². The monoisotopic (exact) mass is 432 g/mol. The number of fused-ring (bicyclic) bond motifs is 1. The number of benzene rings is 2. The normalized spacial score (nSPS) is 16.3. The third-order valence-corrected chi connectivity index (χ3v) is 6.17. The van der Waals surface area contributed by atoms with Crippen LogP contribution in [-0.4, -0.2) is 41.8 Å². The number of aryl methyl sites for hydroxylation is 1. The Morgan fingerprint density at radius 3 is 2.56 bits per heavy atom. The number of aromatic nitrogens is 2. The van der Waals surface area contributed by atoms with Crippen molar-refractivity contribution in [2.75, 3.05) is 31.2 Å². The van der Waals surface area contributed by atoms with Gasteiger partial charge in [-0.05, 0) is 42.7 Å². The molecule has 2 heterocycles. The maximum Gasteiger partial charge on any atom is 0.261 e. The van der Waals surface area contributed by atoms with Gasteiger partial charge in [0.15, 0.2) is 0 Å². The lowest BCUT2D eigenvalue weighted by Gasteiger charge is -2.28. The molecule has 2 fully saturated rings. The molecule has 1 saturated heterocycles. The molecule has 3 aromatic rings. The largest absolute Gasteiger partial charge is 0.378 e. The highest BCUT2D eigenvalue weighted by atomic mass is 16.5. The van der Waals surface area contributed by atoms with Crippen LogP contribution in [0.2, 0.25) is 0 Å². The molecule has 7 heteroatoms. The maximum atomic E-state index is 12.9. The molecule has 1 saturated carbocycles. The minimum absolute atomic E-state index is 0.00821. The van der Waals surface area contributed by atoms with Crippen molar-refractivity contribution in [3.63, 3.8) is 0 Å². The van der Waals surface area contributed by atoms with Crippen LogP contribution in [0.3, 0.4) is 0 Å². The molecule has 0 unspecified atom stereocenters. The topological polar surface area (TPSA) is 76.5 Å². The predicted molar refractivity (Wildman–Crippen MR) is 124 cm³/mol. The fourth-order valence-electron chi connectivity index (χ4n) is 4.24. The van der Waals surface area contributed by atoms with Crippen molar-refractivity contribution in [1.82, 2.24) is 14.9 Å². The van der Waals surface area contributed by atoms with Crippen molar-refractivity contribution in [2.24, 2.45) is 0 Å². The Kier molecular flexibility index (Phi) is 5.90. The lowest BCUT2D eigenvalue weighted by molar-refractivity contribution is -0.121. The van der Waals surface area contributed by atoms with E-state index in [1.807, 2.05) is 24.3 Å². The quantitative estimate of drug-likeness (QED) is 0.621. The number of nitrogens with zero attached hydrogens (tertiary/aromatic N) is 3. The lowest BCUT2D eigenvalue weighted by Crippen LogP contribution is -2.36. The van der Waals surface area contributed by atoms with E-state index in [0.717, 1.165) is 44.7 Å². The van der Waals surface area contributed by atoms with Gasteiger partial charge in [0.05, 0.1) is 24.1 Å². The van der Waals surface area contributed by atoms with Crippen molar-refractivity contribution in [3.05, 3.63) is 70.3 Å². The Morgan fingerprint density at radius 2 is 1.81 bits per heavy atom. The van der Waals surface area contributed by atoms with E-state index >= 15 is 0 Å². The zero-order valence-corrected chi connectivity index (χ0v) is 18.1. The Labute approximate surface area is 187 Å². The molecule has 1 amide bonds.